The summed E-state index contributed by atoms with van der Waals surface area (Å²) in [5.74, 6) is 1.05. The predicted octanol–water partition coefficient (Wildman–Crippen LogP) is 6.84. The largest absolute Gasteiger partial charge is 0.493 e. The number of rotatable bonds is 10. The molecule has 8 nitrogen and oxygen atoms in total. The van der Waals surface area contributed by atoms with Crippen LogP contribution < -0.4 is 29.1 Å². The first-order valence-electron chi connectivity index (χ1n) is 15.0. The van der Waals surface area contributed by atoms with E-state index in [4.69, 9.17) is 47.1 Å². The fourth-order valence-corrected chi connectivity index (χ4v) is 6.85. The molecule has 11 heteroatoms. The Bertz CT molecular complexity index is 2190. The van der Waals surface area contributed by atoms with Crippen molar-refractivity contribution in [1.29, 1.82) is 0 Å². The number of nitrogens with zero attached hydrogens (tertiary/aromatic N) is 2. The van der Waals surface area contributed by atoms with E-state index in [2.05, 4.69) is 0 Å². The second-order valence-corrected chi connectivity index (χ2v) is 12.5. The van der Waals surface area contributed by atoms with Crippen LogP contribution in [-0.2, 0) is 16.1 Å². The summed E-state index contributed by atoms with van der Waals surface area (Å²) in [7, 11) is 3.08. The Morgan fingerprint density at radius 3 is 2.38 bits per heavy atom. The van der Waals surface area contributed by atoms with E-state index in [1.807, 2.05) is 66.7 Å². The van der Waals surface area contributed by atoms with Crippen molar-refractivity contribution in [2.45, 2.75) is 19.6 Å². The summed E-state index contributed by atoms with van der Waals surface area (Å²) in [6.07, 6.45) is 1.80. The molecule has 0 radical (unpaired) electrons. The molecule has 1 atom stereocenters. The molecule has 244 valence electrons. The molecule has 1 aliphatic rings. The van der Waals surface area contributed by atoms with Crippen molar-refractivity contribution in [3.05, 3.63) is 149 Å². The average molecular weight is 702 g/mol. The molecule has 4 aromatic carbocycles. The lowest BCUT2D eigenvalue weighted by molar-refractivity contribution is -0.138. The summed E-state index contributed by atoms with van der Waals surface area (Å²) in [5, 5.41) is 1.09. The molecule has 1 aromatic heterocycles. The quantitative estimate of drug-likeness (QED) is 0.148. The first-order valence-corrected chi connectivity index (χ1v) is 16.6. The molecule has 2 heterocycles. The van der Waals surface area contributed by atoms with Crippen LogP contribution in [-0.4, -0.2) is 31.4 Å². The molecular formula is C37H30Cl2N2O6S. The van der Waals surface area contributed by atoms with E-state index in [1.165, 1.54) is 18.4 Å². The topological polar surface area (TPSA) is 88.4 Å². The highest BCUT2D eigenvalue weighted by atomic mass is 35.5. The van der Waals surface area contributed by atoms with Crippen LogP contribution in [0.1, 0.15) is 35.2 Å². The highest BCUT2D eigenvalue weighted by molar-refractivity contribution is 7.07. The molecule has 6 rings (SSSR count). The van der Waals surface area contributed by atoms with Gasteiger partial charge in [0.1, 0.15) is 12.4 Å². The van der Waals surface area contributed by atoms with E-state index < -0.39 is 12.0 Å². The highest BCUT2D eigenvalue weighted by Gasteiger charge is 2.35. The lowest BCUT2D eigenvalue weighted by atomic mass is 9.93. The fraction of sp³-hybridized carbons (Fsp3) is 0.162. The van der Waals surface area contributed by atoms with Crippen molar-refractivity contribution in [2.75, 3.05) is 20.8 Å². The molecule has 0 amide bonds. The molecule has 0 fully saturated rings. The lowest BCUT2D eigenvalue weighted by Crippen LogP contribution is -2.40. The predicted molar refractivity (Wildman–Crippen MR) is 188 cm³/mol. The number of methoxy groups -OCH3 is 2. The number of thiazole rings is 1. The van der Waals surface area contributed by atoms with Gasteiger partial charge < -0.3 is 18.9 Å². The van der Waals surface area contributed by atoms with Crippen molar-refractivity contribution >= 4 is 52.3 Å². The van der Waals surface area contributed by atoms with Crippen molar-refractivity contribution in [1.82, 2.24) is 4.57 Å². The van der Waals surface area contributed by atoms with Gasteiger partial charge in [0.05, 0.1) is 42.7 Å². The van der Waals surface area contributed by atoms with Crippen LogP contribution in [0.15, 0.2) is 106 Å². The van der Waals surface area contributed by atoms with Gasteiger partial charge in [0, 0.05) is 21.2 Å². The summed E-state index contributed by atoms with van der Waals surface area (Å²) in [5.41, 5.74) is 3.33. The monoisotopic (exact) mass is 700 g/mol. The minimum Gasteiger partial charge on any atom is -0.493 e. The summed E-state index contributed by atoms with van der Waals surface area (Å²) >= 11 is 13.5. The third kappa shape index (κ3) is 6.75. The fourth-order valence-electron chi connectivity index (χ4n) is 5.39. The average Bonchev–Trinajstić information content (AvgIpc) is 3.41. The molecule has 0 aliphatic carbocycles. The smallest absolute Gasteiger partial charge is 0.338 e. The van der Waals surface area contributed by atoms with Gasteiger partial charge in [-0.25, -0.2) is 9.79 Å². The van der Waals surface area contributed by atoms with Gasteiger partial charge in [-0.15, -0.1) is 0 Å². The number of hydrogen-bond donors (Lipinski definition) is 0. The zero-order valence-corrected chi connectivity index (χ0v) is 28.6. The molecule has 1 aliphatic heterocycles. The standard InChI is InChI=1S/C37H30Cl2N2O6S/c1-4-46-36(43)32-33(23-8-6-5-7-9-23)40-37-41(34(32)24-13-17-29(44-2)30(19-24)45-3)35(42)31(48-37)18-22-10-15-27(16-11-22)47-21-25-12-14-26(38)20-28(25)39/h5-20,34H,4,21H2,1-3H3/b31-18-/t34-/m0/s1. The van der Waals surface area contributed by atoms with E-state index >= 15 is 0 Å². The first-order chi connectivity index (χ1) is 23.3. The van der Waals surface area contributed by atoms with Gasteiger partial charge in [-0.1, -0.05) is 89.1 Å². The minimum atomic E-state index is -0.854. The van der Waals surface area contributed by atoms with E-state index in [0.717, 1.165) is 16.7 Å². The van der Waals surface area contributed by atoms with Gasteiger partial charge in [0.15, 0.2) is 16.3 Å². The van der Waals surface area contributed by atoms with Crippen molar-refractivity contribution in [3.8, 4) is 17.2 Å². The minimum absolute atomic E-state index is 0.153. The summed E-state index contributed by atoms with van der Waals surface area (Å²) in [6.45, 7) is 2.17. The summed E-state index contributed by atoms with van der Waals surface area (Å²) in [6, 6.07) is 26.5. The molecule has 0 unspecified atom stereocenters. The summed E-state index contributed by atoms with van der Waals surface area (Å²) in [4.78, 5) is 33.3. The van der Waals surface area contributed by atoms with E-state index in [-0.39, 0.29) is 24.3 Å². The third-order valence-electron chi connectivity index (χ3n) is 7.68. The van der Waals surface area contributed by atoms with Crippen LogP contribution in [0.3, 0.4) is 0 Å². The number of carbonyl (C=O) groups is 1. The number of aromatic nitrogens is 1. The number of fused-ring (bicyclic) bond motifs is 1. The van der Waals surface area contributed by atoms with Crippen LogP contribution in [0.2, 0.25) is 10.0 Å². The normalized spacial score (nSPS) is 14.3. The number of carbonyl (C=O) groups excluding carboxylic acids is 1. The first kappa shape index (κ1) is 33.1. The Balaban J connectivity index is 1.45. The number of ether oxygens (including phenoxy) is 4. The van der Waals surface area contributed by atoms with E-state index in [0.29, 0.717) is 47.9 Å². The molecule has 48 heavy (non-hydrogen) atoms. The number of esters is 1. The summed E-state index contributed by atoms with van der Waals surface area (Å²) < 4.78 is 24.5. The maximum Gasteiger partial charge on any atom is 0.338 e. The number of hydrogen-bond acceptors (Lipinski definition) is 8. The SMILES string of the molecule is CCOC(=O)C1=C(c2ccccc2)N=c2s/c(=C\c3ccc(OCc4ccc(Cl)cc4Cl)cc3)c(=O)n2[C@H]1c1ccc(OC)c(OC)c1. The van der Waals surface area contributed by atoms with Gasteiger partial charge in [-0.05, 0) is 60.5 Å². The molecular weight excluding hydrogens is 671 g/mol. The van der Waals surface area contributed by atoms with E-state index in [1.54, 1.807) is 48.9 Å². The molecule has 0 spiro atoms. The molecule has 5 aromatic rings. The van der Waals surface area contributed by atoms with Gasteiger partial charge in [-0.3, -0.25) is 9.36 Å². The Morgan fingerprint density at radius 1 is 0.938 bits per heavy atom. The van der Waals surface area contributed by atoms with Crippen LogP contribution in [0.5, 0.6) is 17.2 Å². The van der Waals surface area contributed by atoms with Crippen molar-refractivity contribution in [3.63, 3.8) is 0 Å². The molecule has 0 saturated heterocycles. The van der Waals surface area contributed by atoms with Crippen LogP contribution >= 0.6 is 34.5 Å². The van der Waals surface area contributed by atoms with Gasteiger partial charge in [0.25, 0.3) is 5.56 Å². The Labute approximate surface area is 290 Å². The van der Waals surface area contributed by atoms with Gasteiger partial charge >= 0.3 is 5.97 Å². The Hall–Kier alpha value is -4.83. The number of halogens is 2. The van der Waals surface area contributed by atoms with Gasteiger partial charge in [-0.2, -0.15) is 0 Å². The zero-order valence-electron chi connectivity index (χ0n) is 26.2. The molecule has 0 N–H and O–H groups in total. The van der Waals surface area contributed by atoms with Crippen LogP contribution in [0.25, 0.3) is 11.8 Å². The second kappa shape index (κ2) is 14.5. The zero-order chi connectivity index (χ0) is 33.8. The van der Waals surface area contributed by atoms with E-state index in [9.17, 15) is 9.59 Å². The van der Waals surface area contributed by atoms with Crippen molar-refractivity contribution < 1.29 is 23.7 Å². The maximum atomic E-state index is 14.2. The lowest BCUT2D eigenvalue weighted by Gasteiger charge is -2.26. The van der Waals surface area contributed by atoms with Crippen LogP contribution in [0, 0.1) is 0 Å². The molecule has 0 bridgehead atoms. The third-order valence-corrected chi connectivity index (χ3v) is 9.25. The van der Waals surface area contributed by atoms with Gasteiger partial charge in [0.2, 0.25) is 0 Å². The second-order valence-electron chi connectivity index (χ2n) is 10.6. The molecule has 0 saturated carbocycles. The Morgan fingerprint density at radius 2 is 1.69 bits per heavy atom. The Kier molecular flexibility index (Phi) is 10.0. The van der Waals surface area contributed by atoms with Crippen molar-refractivity contribution in [2.24, 2.45) is 4.99 Å². The maximum absolute atomic E-state index is 14.2. The highest BCUT2D eigenvalue weighted by Crippen LogP contribution is 2.38. The van der Waals surface area contributed by atoms with Crippen LogP contribution in [0.4, 0.5) is 0 Å². The number of benzene rings is 4.